The Kier molecular flexibility index (Phi) is 33.5. The van der Waals surface area contributed by atoms with Gasteiger partial charge in [0.1, 0.15) is 73.2 Å². The molecule has 3 saturated heterocycles. The number of rotatable bonds is 36. The van der Waals surface area contributed by atoms with Crippen molar-refractivity contribution < 1.29 is 89.4 Å². The zero-order valence-electron chi connectivity index (χ0n) is 43.1. The van der Waals surface area contributed by atoms with E-state index < -0.39 is 124 Å². The van der Waals surface area contributed by atoms with Gasteiger partial charge in [0.05, 0.1) is 38.6 Å². The first kappa shape index (κ1) is 64.5. The molecule has 1 amide bonds. The predicted octanol–water partition coefficient (Wildman–Crippen LogP) is 2.70. The van der Waals surface area contributed by atoms with Crippen LogP contribution in [-0.4, -0.2) is 193 Å². The molecule has 3 rings (SSSR count). The first-order valence-electron chi connectivity index (χ1n) is 26.7. The van der Waals surface area contributed by atoms with E-state index in [0.29, 0.717) is 12.8 Å². The molecule has 0 aliphatic carbocycles. The van der Waals surface area contributed by atoms with Crippen molar-refractivity contribution in [2.45, 2.75) is 234 Å². The molecular formula is C54H91NO18. The molecule has 3 aliphatic rings. The predicted molar refractivity (Wildman–Crippen MR) is 272 cm³/mol. The molecule has 0 spiro atoms. The molecule has 0 radical (unpaired) electrons. The zero-order chi connectivity index (χ0) is 53.4. The number of ether oxygens (including phenoxy) is 6. The van der Waals surface area contributed by atoms with Gasteiger partial charge in [0, 0.05) is 6.42 Å². The van der Waals surface area contributed by atoms with E-state index >= 15 is 0 Å². The van der Waals surface area contributed by atoms with Gasteiger partial charge in [0.2, 0.25) is 5.91 Å². The Hall–Kier alpha value is -2.77. The van der Waals surface area contributed by atoms with Crippen LogP contribution in [0.1, 0.15) is 129 Å². The number of aliphatic hydroxyl groups is 11. The minimum absolute atomic E-state index is 0.224. The summed E-state index contributed by atoms with van der Waals surface area (Å²) in [7, 11) is 0. The minimum atomic E-state index is -1.98. The minimum Gasteiger partial charge on any atom is -0.394 e. The van der Waals surface area contributed by atoms with Gasteiger partial charge in [0.15, 0.2) is 18.9 Å². The second-order valence-electron chi connectivity index (χ2n) is 19.0. The van der Waals surface area contributed by atoms with E-state index in [1.807, 2.05) is 6.08 Å². The lowest BCUT2D eigenvalue weighted by atomic mass is 9.96. The molecule has 420 valence electrons. The van der Waals surface area contributed by atoms with Crippen molar-refractivity contribution in [2.24, 2.45) is 0 Å². The molecule has 0 aromatic heterocycles. The Balaban J connectivity index is 1.43. The Morgan fingerprint density at radius 1 is 0.507 bits per heavy atom. The van der Waals surface area contributed by atoms with Gasteiger partial charge in [-0.05, 0) is 64.2 Å². The van der Waals surface area contributed by atoms with E-state index in [4.69, 9.17) is 28.4 Å². The van der Waals surface area contributed by atoms with Crippen molar-refractivity contribution in [3.63, 3.8) is 0 Å². The molecule has 3 fully saturated rings. The fraction of sp³-hybridized carbons (Fsp3) is 0.759. The number of allylic oxidation sites excluding steroid dienone is 11. The Bertz CT molecular complexity index is 1620. The van der Waals surface area contributed by atoms with E-state index in [9.17, 15) is 61.0 Å². The summed E-state index contributed by atoms with van der Waals surface area (Å²) < 4.78 is 34.0. The third-order valence-corrected chi connectivity index (χ3v) is 13.0. The van der Waals surface area contributed by atoms with Gasteiger partial charge >= 0.3 is 0 Å². The summed E-state index contributed by atoms with van der Waals surface area (Å²) in [4.78, 5) is 13.2. The number of carbonyl (C=O) groups excluding carboxylic acids is 1. The molecule has 0 aromatic rings. The SMILES string of the molecule is CC/C=C\C/C=C\C/C=C\C/C=C\C/C=C\CCCCCCCCCC(=O)NC(COC1OC(CO)C(OC2OC(CO)C(OC3OC(CO)C(O)C(O)C3O)C(O)C2O)C(O)C1O)C(O)/C=C/CCCCC. The molecule has 0 saturated carbocycles. The van der Waals surface area contributed by atoms with Crippen LogP contribution in [0, 0.1) is 0 Å². The fourth-order valence-corrected chi connectivity index (χ4v) is 8.57. The third-order valence-electron chi connectivity index (χ3n) is 13.0. The molecule has 17 unspecified atom stereocenters. The fourth-order valence-electron chi connectivity index (χ4n) is 8.57. The molecule has 12 N–H and O–H groups in total. The number of nitrogens with one attached hydrogen (secondary N) is 1. The summed E-state index contributed by atoms with van der Waals surface area (Å²) in [6.45, 7) is 1.42. The zero-order valence-corrected chi connectivity index (χ0v) is 43.1. The number of unbranched alkanes of at least 4 members (excludes halogenated alkanes) is 10. The summed E-state index contributed by atoms with van der Waals surface area (Å²) in [5.74, 6) is -0.300. The second-order valence-corrected chi connectivity index (χ2v) is 19.0. The Morgan fingerprint density at radius 3 is 1.48 bits per heavy atom. The van der Waals surface area contributed by atoms with Gasteiger partial charge in [-0.15, -0.1) is 0 Å². The summed E-state index contributed by atoms with van der Waals surface area (Å²) in [6.07, 6.45) is 15.4. The number of carbonyl (C=O) groups is 1. The van der Waals surface area contributed by atoms with Gasteiger partial charge in [-0.2, -0.15) is 0 Å². The highest BCUT2D eigenvalue weighted by Crippen LogP contribution is 2.33. The van der Waals surface area contributed by atoms with Crippen LogP contribution < -0.4 is 5.32 Å². The third kappa shape index (κ3) is 23.2. The van der Waals surface area contributed by atoms with Crippen LogP contribution in [0.3, 0.4) is 0 Å². The summed E-state index contributed by atoms with van der Waals surface area (Å²) in [5, 5.41) is 119. The summed E-state index contributed by atoms with van der Waals surface area (Å²) >= 11 is 0. The molecule has 19 nitrogen and oxygen atoms in total. The van der Waals surface area contributed by atoms with Crippen LogP contribution in [0.5, 0.6) is 0 Å². The van der Waals surface area contributed by atoms with Crippen LogP contribution in [-0.2, 0) is 33.2 Å². The number of hydrogen-bond acceptors (Lipinski definition) is 18. The van der Waals surface area contributed by atoms with Gasteiger partial charge in [-0.1, -0.05) is 132 Å². The summed E-state index contributed by atoms with van der Waals surface area (Å²) in [6, 6.07) is -0.979. The van der Waals surface area contributed by atoms with Crippen molar-refractivity contribution in [3.05, 3.63) is 72.9 Å². The monoisotopic (exact) mass is 1040 g/mol. The lowest BCUT2D eigenvalue weighted by molar-refractivity contribution is -0.379. The number of amides is 1. The molecule has 0 aromatic carbocycles. The summed E-state index contributed by atoms with van der Waals surface area (Å²) in [5.41, 5.74) is 0. The van der Waals surface area contributed by atoms with E-state index in [1.165, 1.54) is 0 Å². The maximum absolute atomic E-state index is 13.2. The normalized spacial score (nSPS) is 32.3. The quantitative estimate of drug-likeness (QED) is 0.0317. The number of aliphatic hydroxyl groups excluding tert-OH is 11. The standard InChI is InChI=1S/C54H91NO18/c1-3-5-7-9-10-11-12-13-14-15-16-17-18-19-20-21-22-23-24-25-26-28-30-32-42(60)55-37(38(59)31-29-27-8-6-4-2)36-68-52-48(66)45(63)50(40(34-57)70-52)73-54-49(67)46(64)51(41(35-58)71-54)72-53-47(65)44(62)43(61)39(33-56)69-53/h5,7,10-11,13-14,16-17,19-20,29,31,37-41,43-54,56-59,61-67H,3-4,6,8-9,12,15,18,21-28,30,32-36H2,1-2H3,(H,55,60)/b7-5-,11-10-,14-13-,17-16-,20-19-,31-29+. The Labute approximate surface area is 432 Å². The van der Waals surface area contributed by atoms with Crippen LogP contribution in [0.4, 0.5) is 0 Å². The Morgan fingerprint density at radius 2 is 0.945 bits per heavy atom. The van der Waals surface area contributed by atoms with Crippen molar-refractivity contribution >= 4 is 5.91 Å². The first-order chi connectivity index (χ1) is 35.3. The van der Waals surface area contributed by atoms with Crippen LogP contribution >= 0.6 is 0 Å². The van der Waals surface area contributed by atoms with Crippen molar-refractivity contribution in [1.82, 2.24) is 5.32 Å². The van der Waals surface area contributed by atoms with Crippen LogP contribution in [0.15, 0.2) is 72.9 Å². The maximum atomic E-state index is 13.2. The highest BCUT2D eigenvalue weighted by Gasteiger charge is 2.53. The van der Waals surface area contributed by atoms with Crippen LogP contribution in [0.25, 0.3) is 0 Å². The van der Waals surface area contributed by atoms with Gasteiger partial charge in [0.25, 0.3) is 0 Å². The van der Waals surface area contributed by atoms with Gasteiger partial charge in [-0.25, -0.2) is 0 Å². The topological polar surface area (TPSA) is 307 Å². The first-order valence-corrected chi connectivity index (χ1v) is 26.7. The smallest absolute Gasteiger partial charge is 0.220 e. The molecule has 17 atom stereocenters. The van der Waals surface area contributed by atoms with E-state index in [2.05, 4.69) is 79.9 Å². The highest BCUT2D eigenvalue weighted by molar-refractivity contribution is 5.76. The van der Waals surface area contributed by atoms with E-state index in [-0.39, 0.29) is 18.9 Å². The lowest BCUT2D eigenvalue weighted by Crippen LogP contribution is -2.66. The van der Waals surface area contributed by atoms with E-state index in [0.717, 1.165) is 96.3 Å². The van der Waals surface area contributed by atoms with Crippen LogP contribution in [0.2, 0.25) is 0 Å². The molecule has 19 heteroatoms. The lowest BCUT2D eigenvalue weighted by Gasteiger charge is -2.48. The molecular weight excluding hydrogens is 951 g/mol. The van der Waals surface area contributed by atoms with Crippen molar-refractivity contribution in [2.75, 3.05) is 26.4 Å². The highest BCUT2D eigenvalue weighted by atomic mass is 16.8. The van der Waals surface area contributed by atoms with Gasteiger partial charge < -0.3 is 89.9 Å². The largest absolute Gasteiger partial charge is 0.394 e. The maximum Gasteiger partial charge on any atom is 0.220 e. The molecule has 3 heterocycles. The average Bonchev–Trinajstić information content (AvgIpc) is 3.38. The van der Waals surface area contributed by atoms with Crippen molar-refractivity contribution in [3.8, 4) is 0 Å². The molecule has 73 heavy (non-hydrogen) atoms. The van der Waals surface area contributed by atoms with Crippen molar-refractivity contribution in [1.29, 1.82) is 0 Å². The molecule has 3 aliphatic heterocycles. The number of hydrogen-bond donors (Lipinski definition) is 12. The molecule has 0 bridgehead atoms. The second kappa shape index (κ2) is 37.9. The van der Waals surface area contributed by atoms with E-state index in [1.54, 1.807) is 6.08 Å². The average molecular weight is 1040 g/mol. The van der Waals surface area contributed by atoms with Gasteiger partial charge in [-0.3, -0.25) is 4.79 Å².